The lowest BCUT2D eigenvalue weighted by atomic mass is 10.1. The number of methoxy groups -OCH3 is 2. The second-order valence-electron chi connectivity index (χ2n) is 4.80. The Labute approximate surface area is 135 Å². The molecule has 0 radical (unpaired) electrons. The number of esters is 1. The Hall–Kier alpha value is -2.82. The standard InChI is InChI=1S/C18H19NO4/c1-13(14-8-5-4-6-9-14)19-23-12-15-10-7-11-16(21-2)17(15)18(20)22-3/h4-11H,12H2,1-3H3/b19-13-. The van der Waals surface area contributed by atoms with Gasteiger partial charge in [0.2, 0.25) is 0 Å². The monoisotopic (exact) mass is 313 g/mol. The van der Waals surface area contributed by atoms with Gasteiger partial charge in [0.05, 0.1) is 19.9 Å². The van der Waals surface area contributed by atoms with E-state index in [1.54, 1.807) is 18.2 Å². The molecule has 0 amide bonds. The largest absolute Gasteiger partial charge is 0.496 e. The van der Waals surface area contributed by atoms with Crippen molar-refractivity contribution in [3.63, 3.8) is 0 Å². The Bertz CT molecular complexity index is 695. The van der Waals surface area contributed by atoms with Crippen molar-refractivity contribution >= 4 is 11.7 Å². The molecule has 0 saturated carbocycles. The van der Waals surface area contributed by atoms with Crippen molar-refractivity contribution in [1.82, 2.24) is 0 Å². The van der Waals surface area contributed by atoms with Crippen molar-refractivity contribution in [2.24, 2.45) is 5.16 Å². The van der Waals surface area contributed by atoms with Gasteiger partial charge in [0.1, 0.15) is 17.9 Å². The van der Waals surface area contributed by atoms with Crippen molar-refractivity contribution in [1.29, 1.82) is 0 Å². The number of benzene rings is 2. The van der Waals surface area contributed by atoms with E-state index >= 15 is 0 Å². The molecule has 0 saturated heterocycles. The highest BCUT2D eigenvalue weighted by molar-refractivity contribution is 5.98. The summed E-state index contributed by atoms with van der Waals surface area (Å²) in [5, 5.41) is 4.10. The van der Waals surface area contributed by atoms with Crippen LogP contribution in [0.15, 0.2) is 53.7 Å². The smallest absolute Gasteiger partial charge is 0.342 e. The first-order valence-electron chi connectivity index (χ1n) is 7.13. The van der Waals surface area contributed by atoms with E-state index in [0.717, 1.165) is 11.3 Å². The van der Waals surface area contributed by atoms with Crippen LogP contribution in [0.3, 0.4) is 0 Å². The molecule has 5 heteroatoms. The Kier molecular flexibility index (Phi) is 5.74. The summed E-state index contributed by atoms with van der Waals surface area (Å²) in [6.07, 6.45) is 0. The molecule has 0 unspecified atom stereocenters. The predicted molar refractivity (Wildman–Crippen MR) is 87.8 cm³/mol. The predicted octanol–water partition coefficient (Wildman–Crippen LogP) is 3.42. The zero-order chi connectivity index (χ0) is 16.7. The van der Waals surface area contributed by atoms with Crippen molar-refractivity contribution < 1.29 is 19.1 Å². The molecule has 0 heterocycles. The Morgan fingerprint density at radius 3 is 2.43 bits per heavy atom. The SMILES string of the molecule is COC(=O)c1c(CO/N=C(/C)c2ccccc2)cccc1OC. The van der Waals surface area contributed by atoms with Gasteiger partial charge >= 0.3 is 5.97 Å². The van der Waals surface area contributed by atoms with Crippen LogP contribution in [-0.2, 0) is 16.2 Å². The Morgan fingerprint density at radius 2 is 1.78 bits per heavy atom. The zero-order valence-electron chi connectivity index (χ0n) is 13.4. The molecule has 2 aromatic carbocycles. The fourth-order valence-electron chi connectivity index (χ4n) is 2.13. The molecule has 0 bridgehead atoms. The average molecular weight is 313 g/mol. The van der Waals surface area contributed by atoms with Crippen LogP contribution in [0.5, 0.6) is 5.75 Å². The molecule has 2 aromatic rings. The van der Waals surface area contributed by atoms with Crippen molar-refractivity contribution in [2.75, 3.05) is 14.2 Å². The lowest BCUT2D eigenvalue weighted by Crippen LogP contribution is -2.09. The number of nitrogens with zero attached hydrogens (tertiary/aromatic N) is 1. The summed E-state index contributed by atoms with van der Waals surface area (Å²) in [5.41, 5.74) is 2.74. The van der Waals surface area contributed by atoms with Gasteiger partial charge in [-0.1, -0.05) is 47.6 Å². The molecule has 120 valence electrons. The average Bonchev–Trinajstić information content (AvgIpc) is 2.61. The van der Waals surface area contributed by atoms with Gasteiger partial charge < -0.3 is 14.3 Å². The first-order valence-corrected chi connectivity index (χ1v) is 7.13. The number of carbonyl (C=O) groups excluding carboxylic acids is 1. The molecule has 23 heavy (non-hydrogen) atoms. The summed E-state index contributed by atoms with van der Waals surface area (Å²) in [7, 11) is 2.83. The number of hydrogen-bond acceptors (Lipinski definition) is 5. The molecule has 0 aliphatic rings. The third-order valence-electron chi connectivity index (χ3n) is 3.34. The number of rotatable bonds is 6. The van der Waals surface area contributed by atoms with Gasteiger partial charge in [-0.15, -0.1) is 0 Å². The Balaban J connectivity index is 2.16. The van der Waals surface area contributed by atoms with Crippen molar-refractivity contribution in [3.05, 3.63) is 65.2 Å². The summed E-state index contributed by atoms with van der Waals surface area (Å²) >= 11 is 0. The molecule has 0 N–H and O–H groups in total. The van der Waals surface area contributed by atoms with E-state index in [0.29, 0.717) is 16.9 Å². The number of carbonyl (C=O) groups is 1. The van der Waals surface area contributed by atoms with Gasteiger partial charge in [-0.25, -0.2) is 4.79 Å². The van der Waals surface area contributed by atoms with Gasteiger partial charge in [0, 0.05) is 5.56 Å². The van der Waals surface area contributed by atoms with Crippen molar-refractivity contribution in [3.8, 4) is 5.75 Å². The second kappa shape index (κ2) is 7.98. The van der Waals surface area contributed by atoms with Crippen LogP contribution < -0.4 is 4.74 Å². The van der Waals surface area contributed by atoms with E-state index in [1.807, 2.05) is 37.3 Å². The molecule has 0 atom stereocenters. The first-order chi connectivity index (χ1) is 11.2. The van der Waals surface area contributed by atoms with Gasteiger partial charge in [0.25, 0.3) is 0 Å². The minimum atomic E-state index is -0.468. The fraction of sp³-hybridized carbons (Fsp3) is 0.222. The third-order valence-corrected chi connectivity index (χ3v) is 3.34. The quantitative estimate of drug-likeness (QED) is 0.466. The van der Waals surface area contributed by atoms with Gasteiger partial charge in [-0.3, -0.25) is 0 Å². The normalized spacial score (nSPS) is 11.0. The summed E-state index contributed by atoms with van der Waals surface area (Å²) in [6.45, 7) is 2.01. The lowest BCUT2D eigenvalue weighted by molar-refractivity contribution is 0.0589. The highest BCUT2D eigenvalue weighted by atomic mass is 16.6. The molecule has 0 fully saturated rings. The zero-order valence-corrected chi connectivity index (χ0v) is 13.4. The summed E-state index contributed by atoms with van der Waals surface area (Å²) in [5.74, 6) is -0.0217. The maximum atomic E-state index is 11.9. The molecule has 0 aliphatic carbocycles. The minimum Gasteiger partial charge on any atom is -0.496 e. The number of oxime groups is 1. The molecule has 2 rings (SSSR count). The van der Waals surface area contributed by atoms with Crippen molar-refractivity contribution in [2.45, 2.75) is 13.5 Å². The lowest BCUT2D eigenvalue weighted by Gasteiger charge is -2.11. The van der Waals surface area contributed by atoms with Crippen LogP contribution in [0.1, 0.15) is 28.4 Å². The molecule has 0 spiro atoms. The van der Waals surface area contributed by atoms with Crippen LogP contribution in [0.4, 0.5) is 0 Å². The molecule has 0 aromatic heterocycles. The van der Waals surface area contributed by atoms with Gasteiger partial charge in [-0.05, 0) is 18.6 Å². The van der Waals surface area contributed by atoms with E-state index in [9.17, 15) is 4.79 Å². The third kappa shape index (κ3) is 4.10. The van der Waals surface area contributed by atoms with E-state index in [-0.39, 0.29) is 6.61 Å². The molecular weight excluding hydrogens is 294 g/mol. The first kappa shape index (κ1) is 16.5. The van der Waals surface area contributed by atoms with Gasteiger partial charge in [-0.2, -0.15) is 0 Å². The van der Waals surface area contributed by atoms with Gasteiger partial charge in [0.15, 0.2) is 0 Å². The molecular formula is C18H19NO4. The topological polar surface area (TPSA) is 57.1 Å². The number of ether oxygens (including phenoxy) is 2. The molecule has 5 nitrogen and oxygen atoms in total. The van der Waals surface area contributed by atoms with Crippen LogP contribution in [0, 0.1) is 0 Å². The van der Waals surface area contributed by atoms with E-state index in [1.165, 1.54) is 14.2 Å². The van der Waals surface area contributed by atoms with Crippen LogP contribution >= 0.6 is 0 Å². The van der Waals surface area contributed by atoms with Crippen LogP contribution in [0.25, 0.3) is 0 Å². The number of hydrogen-bond donors (Lipinski definition) is 0. The van der Waals surface area contributed by atoms with Crippen LogP contribution in [-0.4, -0.2) is 25.9 Å². The highest BCUT2D eigenvalue weighted by Gasteiger charge is 2.18. The Morgan fingerprint density at radius 1 is 1.04 bits per heavy atom. The summed E-state index contributed by atoms with van der Waals surface area (Å²) < 4.78 is 10.0. The van der Waals surface area contributed by atoms with Crippen LogP contribution in [0.2, 0.25) is 0 Å². The second-order valence-corrected chi connectivity index (χ2v) is 4.80. The van der Waals surface area contributed by atoms with E-state index in [4.69, 9.17) is 14.3 Å². The fourth-order valence-corrected chi connectivity index (χ4v) is 2.13. The van der Waals surface area contributed by atoms with E-state index < -0.39 is 5.97 Å². The maximum absolute atomic E-state index is 11.9. The maximum Gasteiger partial charge on any atom is 0.342 e. The summed E-state index contributed by atoms with van der Waals surface area (Å²) in [4.78, 5) is 17.3. The molecule has 0 aliphatic heterocycles. The highest BCUT2D eigenvalue weighted by Crippen LogP contribution is 2.24. The minimum absolute atomic E-state index is 0.145. The van der Waals surface area contributed by atoms with E-state index in [2.05, 4.69) is 5.16 Å². The summed E-state index contributed by atoms with van der Waals surface area (Å²) in [6, 6.07) is 15.0.